The normalized spacial score (nSPS) is 27.2. The fourth-order valence-electron chi connectivity index (χ4n) is 6.51. The van der Waals surface area contributed by atoms with Crippen molar-refractivity contribution in [3.63, 3.8) is 0 Å². The van der Waals surface area contributed by atoms with Gasteiger partial charge in [0.2, 0.25) is 11.8 Å². The third-order valence-electron chi connectivity index (χ3n) is 7.67. The fraction of sp³-hybridized carbons (Fsp3) is 0.231. The smallest absolute Gasteiger partial charge is 0.269 e. The van der Waals surface area contributed by atoms with Crippen LogP contribution in [-0.2, 0) is 15.0 Å². The predicted octanol–water partition coefficient (Wildman–Crippen LogP) is 4.56. The second kappa shape index (κ2) is 6.36. The lowest BCUT2D eigenvalue weighted by Gasteiger charge is -2.54. The molecule has 0 spiro atoms. The molecule has 2 bridgehead atoms. The Morgan fingerprint density at radius 3 is 1.97 bits per heavy atom. The Morgan fingerprint density at radius 1 is 0.875 bits per heavy atom. The monoisotopic (exact) mass is 424 g/mol. The summed E-state index contributed by atoms with van der Waals surface area (Å²) in [6.45, 7) is 2.09. The van der Waals surface area contributed by atoms with Crippen LogP contribution in [0.5, 0.6) is 0 Å². The molecule has 0 saturated carbocycles. The van der Waals surface area contributed by atoms with Gasteiger partial charge in [0.05, 0.1) is 22.4 Å². The Kier molecular flexibility index (Phi) is 3.76. The third-order valence-corrected chi connectivity index (χ3v) is 7.67. The number of nitro groups is 1. The predicted molar refractivity (Wildman–Crippen MR) is 118 cm³/mol. The number of benzene rings is 3. The highest BCUT2D eigenvalue weighted by atomic mass is 16.6. The average molecular weight is 424 g/mol. The van der Waals surface area contributed by atoms with Gasteiger partial charge in [-0.05, 0) is 40.8 Å². The molecule has 3 aromatic carbocycles. The molecule has 0 unspecified atom stereocenters. The van der Waals surface area contributed by atoms with Gasteiger partial charge in [0.1, 0.15) is 0 Å². The Morgan fingerprint density at radius 2 is 1.44 bits per heavy atom. The minimum Gasteiger partial charge on any atom is -0.274 e. The number of amides is 2. The average Bonchev–Trinajstić information content (AvgIpc) is 3.10. The lowest BCUT2D eigenvalue weighted by Crippen LogP contribution is -2.53. The number of imide groups is 1. The Balaban J connectivity index is 1.58. The first-order valence-electron chi connectivity index (χ1n) is 10.8. The molecule has 6 heteroatoms. The molecule has 3 aliphatic carbocycles. The summed E-state index contributed by atoms with van der Waals surface area (Å²) in [7, 11) is 0. The Bertz CT molecular complexity index is 1270. The van der Waals surface area contributed by atoms with Gasteiger partial charge in [-0.2, -0.15) is 0 Å². The number of anilines is 1. The number of carbonyl (C=O) groups is 2. The number of carbonyl (C=O) groups excluding carboxylic acids is 2. The third kappa shape index (κ3) is 2.09. The number of non-ortho nitro benzene ring substituents is 1. The molecule has 2 atom stereocenters. The number of hydrogen-bond acceptors (Lipinski definition) is 4. The van der Waals surface area contributed by atoms with Crippen molar-refractivity contribution in [2.45, 2.75) is 24.7 Å². The van der Waals surface area contributed by atoms with E-state index in [2.05, 4.69) is 31.2 Å². The summed E-state index contributed by atoms with van der Waals surface area (Å²) in [6, 6.07) is 22.0. The van der Waals surface area contributed by atoms with Crippen LogP contribution in [0.1, 0.15) is 41.5 Å². The lowest BCUT2D eigenvalue weighted by atomic mass is 9.46. The molecule has 0 aromatic heterocycles. The van der Waals surface area contributed by atoms with Crippen LogP contribution in [0.15, 0.2) is 72.8 Å². The van der Waals surface area contributed by atoms with Gasteiger partial charge in [0, 0.05) is 23.5 Å². The Hall–Kier alpha value is -3.80. The summed E-state index contributed by atoms with van der Waals surface area (Å²) in [5.41, 5.74) is 4.27. The van der Waals surface area contributed by atoms with Crippen LogP contribution in [0.3, 0.4) is 0 Å². The van der Waals surface area contributed by atoms with Crippen LogP contribution >= 0.6 is 0 Å². The highest BCUT2D eigenvalue weighted by Gasteiger charge is 2.67. The molecule has 1 fully saturated rings. The van der Waals surface area contributed by atoms with E-state index in [1.807, 2.05) is 24.3 Å². The van der Waals surface area contributed by atoms with Crippen LogP contribution < -0.4 is 4.90 Å². The van der Waals surface area contributed by atoms with Crippen LogP contribution in [0.25, 0.3) is 0 Å². The van der Waals surface area contributed by atoms with E-state index in [1.165, 1.54) is 29.2 Å². The molecule has 7 rings (SSSR count). The van der Waals surface area contributed by atoms with Crippen LogP contribution in [0.4, 0.5) is 11.4 Å². The lowest BCUT2D eigenvalue weighted by molar-refractivity contribution is -0.384. The van der Waals surface area contributed by atoms with E-state index in [0.29, 0.717) is 12.1 Å². The van der Waals surface area contributed by atoms with Crippen molar-refractivity contribution in [1.82, 2.24) is 0 Å². The maximum absolute atomic E-state index is 13.9. The number of hydrogen-bond donors (Lipinski definition) is 0. The molecule has 1 saturated heterocycles. The highest BCUT2D eigenvalue weighted by Crippen LogP contribution is 2.65. The van der Waals surface area contributed by atoms with Crippen molar-refractivity contribution in [3.05, 3.63) is 105 Å². The maximum atomic E-state index is 13.9. The highest BCUT2D eigenvalue weighted by molar-refractivity contribution is 6.23. The standard InChI is InChI=1S/C26H20N2O4/c1-2-26-19-9-5-3-7-17(19)21(18-8-4-6-10-20(18)26)22-23(26)25(30)27(24(22)29)15-11-13-16(14-12-15)28(31)32/h3-14,21-23H,2H2,1H3/t21?,22-,23-,26?/m0/s1. The molecule has 32 heavy (non-hydrogen) atoms. The molecule has 0 radical (unpaired) electrons. The van der Waals surface area contributed by atoms with Gasteiger partial charge >= 0.3 is 0 Å². The van der Waals surface area contributed by atoms with Crippen molar-refractivity contribution >= 4 is 23.2 Å². The van der Waals surface area contributed by atoms with Crippen LogP contribution in [0.2, 0.25) is 0 Å². The first kappa shape index (κ1) is 18.9. The molecule has 6 nitrogen and oxygen atoms in total. The van der Waals surface area contributed by atoms with E-state index in [0.717, 1.165) is 22.3 Å². The largest absolute Gasteiger partial charge is 0.274 e. The topological polar surface area (TPSA) is 80.5 Å². The second-order valence-corrected chi connectivity index (χ2v) is 8.77. The molecule has 3 aromatic rings. The number of nitrogens with zero attached hydrogens (tertiary/aromatic N) is 2. The number of rotatable bonds is 3. The SMILES string of the molecule is CCC12c3ccccc3C(c3ccccc31)[C@@H]1C(=O)N(c3ccc([N+](=O)[O-])cc3)C(=O)[C@H]12. The molecule has 1 heterocycles. The maximum Gasteiger partial charge on any atom is 0.269 e. The zero-order valence-corrected chi connectivity index (χ0v) is 17.4. The summed E-state index contributed by atoms with van der Waals surface area (Å²) in [5.74, 6) is -1.60. The van der Waals surface area contributed by atoms with Crippen molar-refractivity contribution in [1.29, 1.82) is 0 Å². The minimum absolute atomic E-state index is 0.0739. The zero-order valence-electron chi connectivity index (χ0n) is 17.4. The van der Waals surface area contributed by atoms with E-state index in [9.17, 15) is 19.7 Å². The molecule has 4 aliphatic rings. The van der Waals surface area contributed by atoms with Gasteiger partial charge in [0.25, 0.3) is 5.69 Å². The summed E-state index contributed by atoms with van der Waals surface area (Å²) in [5, 5.41) is 11.1. The zero-order chi connectivity index (χ0) is 22.2. The second-order valence-electron chi connectivity index (χ2n) is 8.77. The van der Waals surface area contributed by atoms with E-state index in [-0.39, 0.29) is 23.4 Å². The minimum atomic E-state index is -0.575. The van der Waals surface area contributed by atoms with Gasteiger partial charge in [-0.15, -0.1) is 0 Å². The first-order valence-corrected chi connectivity index (χ1v) is 10.8. The van der Waals surface area contributed by atoms with E-state index in [1.54, 1.807) is 0 Å². The van der Waals surface area contributed by atoms with Gasteiger partial charge in [-0.25, -0.2) is 4.90 Å². The summed E-state index contributed by atoms with van der Waals surface area (Å²) in [4.78, 5) is 39.5. The van der Waals surface area contributed by atoms with Gasteiger partial charge in [0.15, 0.2) is 0 Å². The van der Waals surface area contributed by atoms with Crippen molar-refractivity contribution < 1.29 is 14.5 Å². The molecule has 0 N–H and O–H groups in total. The van der Waals surface area contributed by atoms with Crippen LogP contribution in [-0.4, -0.2) is 16.7 Å². The molecule has 158 valence electrons. The van der Waals surface area contributed by atoms with Crippen molar-refractivity contribution in [2.24, 2.45) is 11.8 Å². The molecule has 1 aliphatic heterocycles. The molecule has 2 amide bonds. The molecular formula is C26H20N2O4. The van der Waals surface area contributed by atoms with Gasteiger partial charge in [-0.1, -0.05) is 55.5 Å². The van der Waals surface area contributed by atoms with Crippen molar-refractivity contribution in [3.8, 4) is 0 Å². The molecular weight excluding hydrogens is 404 g/mol. The van der Waals surface area contributed by atoms with Crippen LogP contribution in [0, 0.1) is 22.0 Å². The fourth-order valence-corrected chi connectivity index (χ4v) is 6.51. The number of nitro benzene ring substituents is 1. The van der Waals surface area contributed by atoms with Gasteiger partial charge in [-0.3, -0.25) is 19.7 Å². The van der Waals surface area contributed by atoms with Gasteiger partial charge < -0.3 is 0 Å². The summed E-state index contributed by atoms with van der Waals surface area (Å²) >= 11 is 0. The summed E-state index contributed by atoms with van der Waals surface area (Å²) in [6.07, 6.45) is 0.696. The van der Waals surface area contributed by atoms with E-state index >= 15 is 0 Å². The Labute approximate surface area is 184 Å². The first-order chi connectivity index (χ1) is 15.5. The van der Waals surface area contributed by atoms with E-state index in [4.69, 9.17) is 0 Å². The van der Waals surface area contributed by atoms with Crippen molar-refractivity contribution in [2.75, 3.05) is 4.90 Å². The summed E-state index contributed by atoms with van der Waals surface area (Å²) < 4.78 is 0. The quantitative estimate of drug-likeness (QED) is 0.351. The van der Waals surface area contributed by atoms with E-state index < -0.39 is 22.2 Å².